The Hall–Kier alpha value is -0.0500. The first-order valence-corrected chi connectivity index (χ1v) is 6.20. The zero-order valence-corrected chi connectivity index (χ0v) is 9.77. The second-order valence-electron chi connectivity index (χ2n) is 3.94. The van der Waals surface area contributed by atoms with E-state index in [0.717, 1.165) is 30.6 Å². The molecule has 0 aromatic carbocycles. The average molecular weight is 248 g/mol. The lowest BCUT2D eigenvalue weighted by Gasteiger charge is -2.25. The molecule has 1 rings (SSSR count). The van der Waals surface area contributed by atoms with E-state index in [-0.39, 0.29) is 11.8 Å². The summed E-state index contributed by atoms with van der Waals surface area (Å²) in [7, 11) is 0. The van der Waals surface area contributed by atoms with Gasteiger partial charge in [-0.15, -0.1) is 0 Å². The highest BCUT2D eigenvalue weighted by Gasteiger charge is 2.23. The van der Waals surface area contributed by atoms with Crippen molar-refractivity contribution in [2.24, 2.45) is 11.8 Å². The van der Waals surface area contributed by atoms with Crippen LogP contribution < -0.4 is 5.32 Å². The van der Waals surface area contributed by atoms with Gasteiger partial charge in [0.15, 0.2) is 0 Å². The smallest absolute Gasteiger partial charge is 0.223 e. The van der Waals surface area contributed by atoms with Crippen molar-refractivity contribution >= 4 is 21.8 Å². The van der Waals surface area contributed by atoms with Gasteiger partial charge in [0.1, 0.15) is 0 Å². The zero-order valence-electron chi connectivity index (χ0n) is 8.18. The van der Waals surface area contributed by atoms with Gasteiger partial charge in [-0.1, -0.05) is 22.9 Å². The third kappa shape index (κ3) is 3.67. The second-order valence-corrected chi connectivity index (χ2v) is 4.73. The van der Waals surface area contributed by atoms with Crippen LogP contribution in [0.15, 0.2) is 0 Å². The van der Waals surface area contributed by atoms with Crippen LogP contribution >= 0.6 is 15.9 Å². The molecule has 1 N–H and O–H groups in total. The lowest BCUT2D eigenvalue weighted by Crippen LogP contribution is -2.33. The molecule has 0 radical (unpaired) electrons. The highest BCUT2D eigenvalue weighted by Crippen LogP contribution is 2.28. The van der Waals surface area contributed by atoms with Gasteiger partial charge in [-0.25, -0.2) is 0 Å². The summed E-state index contributed by atoms with van der Waals surface area (Å²) < 4.78 is 0. The molecule has 3 heteroatoms. The van der Waals surface area contributed by atoms with Crippen molar-refractivity contribution in [2.75, 3.05) is 11.9 Å². The second kappa shape index (κ2) is 5.63. The van der Waals surface area contributed by atoms with Crippen LogP contribution in [0.5, 0.6) is 0 Å². The fraction of sp³-hybridized carbons (Fsp3) is 0.900. The minimum atomic E-state index is 0.256. The molecule has 0 aromatic heterocycles. The number of rotatable bonds is 3. The Labute approximate surface area is 88.6 Å². The Morgan fingerprint density at radius 1 is 1.38 bits per heavy atom. The van der Waals surface area contributed by atoms with Crippen LogP contribution in [0.25, 0.3) is 0 Å². The molecule has 1 aliphatic rings. The van der Waals surface area contributed by atoms with Gasteiger partial charge in [-0.2, -0.15) is 0 Å². The summed E-state index contributed by atoms with van der Waals surface area (Å²) in [6.07, 6.45) is 4.59. The maximum Gasteiger partial charge on any atom is 0.223 e. The molecular weight excluding hydrogens is 230 g/mol. The van der Waals surface area contributed by atoms with E-state index in [1.807, 2.05) is 0 Å². The fourth-order valence-electron chi connectivity index (χ4n) is 1.84. The van der Waals surface area contributed by atoms with Gasteiger partial charge >= 0.3 is 0 Å². The number of halogens is 1. The molecule has 0 unspecified atom stereocenters. The predicted octanol–water partition coefficient (Wildman–Crippen LogP) is 2.32. The van der Waals surface area contributed by atoms with Crippen molar-refractivity contribution in [1.29, 1.82) is 0 Å². The maximum atomic E-state index is 11.5. The summed E-state index contributed by atoms with van der Waals surface area (Å²) in [6, 6.07) is 0. The number of alkyl halides is 1. The third-order valence-electron chi connectivity index (χ3n) is 2.78. The number of amides is 1. The van der Waals surface area contributed by atoms with Crippen molar-refractivity contribution in [3.63, 3.8) is 0 Å². The first-order valence-electron chi connectivity index (χ1n) is 5.07. The number of nitrogens with one attached hydrogen (secondary N) is 1. The van der Waals surface area contributed by atoms with Gasteiger partial charge in [0.25, 0.3) is 0 Å². The third-order valence-corrected chi connectivity index (χ3v) is 3.18. The molecule has 1 amide bonds. The largest absolute Gasteiger partial charge is 0.355 e. The summed E-state index contributed by atoms with van der Waals surface area (Å²) in [5, 5.41) is 3.78. The Balaban J connectivity index is 2.23. The van der Waals surface area contributed by atoms with Crippen LogP contribution in [0.4, 0.5) is 0 Å². The van der Waals surface area contributed by atoms with Crippen LogP contribution in [0, 0.1) is 11.8 Å². The summed E-state index contributed by atoms with van der Waals surface area (Å²) in [5.41, 5.74) is 0. The standard InChI is InChI=1S/C10H18BrNO/c1-8-2-4-9(5-3-8)10(13)12-7-6-11/h8-9H,2-7H2,1H3,(H,12,13). The SMILES string of the molecule is CC1CCC(C(=O)NCCBr)CC1. The van der Waals surface area contributed by atoms with E-state index in [0.29, 0.717) is 0 Å². The summed E-state index contributed by atoms with van der Waals surface area (Å²) in [5.74, 6) is 1.36. The van der Waals surface area contributed by atoms with Crippen LogP contribution in [0.2, 0.25) is 0 Å². The van der Waals surface area contributed by atoms with Crippen molar-refractivity contribution in [1.82, 2.24) is 5.32 Å². The molecular formula is C10H18BrNO. The highest BCUT2D eigenvalue weighted by atomic mass is 79.9. The Kier molecular flexibility index (Phi) is 4.78. The molecule has 0 heterocycles. The minimum Gasteiger partial charge on any atom is -0.355 e. The first-order chi connectivity index (χ1) is 6.24. The first kappa shape index (κ1) is 11.0. The monoisotopic (exact) mass is 247 g/mol. The molecule has 2 nitrogen and oxygen atoms in total. The predicted molar refractivity (Wildman–Crippen MR) is 57.9 cm³/mol. The van der Waals surface area contributed by atoms with Gasteiger partial charge in [-0.3, -0.25) is 4.79 Å². The van der Waals surface area contributed by atoms with Crippen LogP contribution in [-0.4, -0.2) is 17.8 Å². The van der Waals surface area contributed by atoms with Gasteiger partial charge in [0, 0.05) is 17.8 Å². The number of hydrogen-bond donors (Lipinski definition) is 1. The van der Waals surface area contributed by atoms with Gasteiger partial charge < -0.3 is 5.32 Å². The van der Waals surface area contributed by atoms with E-state index < -0.39 is 0 Å². The maximum absolute atomic E-state index is 11.5. The van der Waals surface area contributed by atoms with Gasteiger partial charge in [-0.05, 0) is 31.6 Å². The van der Waals surface area contributed by atoms with Crippen LogP contribution in [-0.2, 0) is 4.79 Å². The van der Waals surface area contributed by atoms with E-state index in [4.69, 9.17) is 0 Å². The van der Waals surface area contributed by atoms with E-state index in [1.165, 1.54) is 12.8 Å². The number of hydrogen-bond acceptors (Lipinski definition) is 1. The zero-order chi connectivity index (χ0) is 9.68. The van der Waals surface area contributed by atoms with Crippen molar-refractivity contribution in [3.8, 4) is 0 Å². The summed E-state index contributed by atoms with van der Waals surface area (Å²) >= 11 is 3.30. The lowest BCUT2D eigenvalue weighted by molar-refractivity contribution is -0.126. The quantitative estimate of drug-likeness (QED) is 0.763. The van der Waals surface area contributed by atoms with E-state index in [1.54, 1.807) is 0 Å². The van der Waals surface area contributed by atoms with Gasteiger partial charge in [0.05, 0.1) is 0 Å². The summed E-state index contributed by atoms with van der Waals surface area (Å²) in [4.78, 5) is 11.5. The normalized spacial score (nSPS) is 28.5. The van der Waals surface area contributed by atoms with Gasteiger partial charge in [0.2, 0.25) is 5.91 Å². The van der Waals surface area contributed by atoms with Crippen molar-refractivity contribution in [2.45, 2.75) is 32.6 Å². The minimum absolute atomic E-state index is 0.256. The molecule has 0 saturated heterocycles. The molecule has 0 aromatic rings. The molecule has 0 atom stereocenters. The van der Waals surface area contributed by atoms with E-state index in [2.05, 4.69) is 28.2 Å². The molecule has 1 fully saturated rings. The van der Waals surface area contributed by atoms with Crippen LogP contribution in [0.3, 0.4) is 0 Å². The average Bonchev–Trinajstić information content (AvgIpc) is 2.15. The lowest BCUT2D eigenvalue weighted by atomic mass is 9.82. The Bertz CT molecular complexity index is 164. The molecule has 1 saturated carbocycles. The van der Waals surface area contributed by atoms with E-state index in [9.17, 15) is 4.79 Å². The Morgan fingerprint density at radius 2 is 2.00 bits per heavy atom. The fourth-order valence-corrected chi connectivity index (χ4v) is 2.04. The molecule has 0 bridgehead atoms. The van der Waals surface area contributed by atoms with Crippen molar-refractivity contribution in [3.05, 3.63) is 0 Å². The summed E-state index contributed by atoms with van der Waals surface area (Å²) in [6.45, 7) is 3.03. The number of carbonyl (C=O) groups is 1. The molecule has 13 heavy (non-hydrogen) atoms. The molecule has 0 aliphatic heterocycles. The molecule has 0 spiro atoms. The molecule has 1 aliphatic carbocycles. The topological polar surface area (TPSA) is 29.1 Å². The van der Waals surface area contributed by atoms with Crippen LogP contribution in [0.1, 0.15) is 32.6 Å². The van der Waals surface area contributed by atoms with E-state index >= 15 is 0 Å². The highest BCUT2D eigenvalue weighted by molar-refractivity contribution is 9.09. The Morgan fingerprint density at radius 3 is 2.54 bits per heavy atom. The number of carbonyl (C=O) groups excluding carboxylic acids is 1. The van der Waals surface area contributed by atoms with Crippen molar-refractivity contribution < 1.29 is 4.79 Å². The molecule has 76 valence electrons.